The maximum absolute atomic E-state index is 12.3. The smallest absolute Gasteiger partial charge is 0.167 e. The molecule has 0 aromatic carbocycles. The molecule has 0 radical (unpaired) electrons. The van der Waals surface area contributed by atoms with E-state index in [2.05, 4.69) is 0 Å². The van der Waals surface area contributed by atoms with Crippen LogP contribution in [-0.4, -0.2) is 28.7 Å². The topological polar surface area (TPSA) is 46.5 Å². The van der Waals surface area contributed by atoms with Gasteiger partial charge in [-0.1, -0.05) is 19.8 Å². The molecule has 1 aliphatic heterocycles. The summed E-state index contributed by atoms with van der Waals surface area (Å²) < 4.78 is 5.92. The largest absolute Gasteiger partial charge is 0.382 e. The lowest BCUT2D eigenvalue weighted by Gasteiger charge is -2.39. The molecule has 1 saturated carbocycles. The van der Waals surface area contributed by atoms with E-state index in [4.69, 9.17) is 4.74 Å². The highest BCUT2D eigenvalue weighted by Crippen LogP contribution is 2.43. The van der Waals surface area contributed by atoms with E-state index >= 15 is 0 Å². The summed E-state index contributed by atoms with van der Waals surface area (Å²) in [5, 5.41) is 10.1. The molecule has 2 aliphatic rings. The second-order valence-electron chi connectivity index (χ2n) is 5.92. The summed E-state index contributed by atoms with van der Waals surface area (Å²) in [5.74, 6) is 0.0198. The molecule has 1 heterocycles. The van der Waals surface area contributed by atoms with Crippen LogP contribution in [0.1, 0.15) is 58.8 Å². The third-order valence-electron chi connectivity index (χ3n) is 4.60. The van der Waals surface area contributed by atoms with Crippen molar-refractivity contribution >= 4 is 5.78 Å². The number of hydrogen-bond acceptors (Lipinski definition) is 3. The van der Waals surface area contributed by atoms with Crippen LogP contribution in [0.25, 0.3) is 0 Å². The molecule has 2 fully saturated rings. The Morgan fingerprint density at radius 1 is 1.47 bits per heavy atom. The first-order valence-corrected chi connectivity index (χ1v) is 6.90. The summed E-state index contributed by atoms with van der Waals surface area (Å²) in [7, 11) is 0. The summed E-state index contributed by atoms with van der Waals surface area (Å²) >= 11 is 0. The zero-order chi connectivity index (χ0) is 12.5. The molecule has 1 spiro atoms. The van der Waals surface area contributed by atoms with E-state index in [-0.39, 0.29) is 17.3 Å². The van der Waals surface area contributed by atoms with Crippen molar-refractivity contribution in [3.8, 4) is 0 Å². The quantitative estimate of drug-likeness (QED) is 0.824. The van der Waals surface area contributed by atoms with E-state index in [1.165, 1.54) is 12.8 Å². The summed E-state index contributed by atoms with van der Waals surface area (Å²) in [6, 6.07) is 0. The number of ether oxygens (including phenoxy) is 1. The van der Waals surface area contributed by atoms with Crippen molar-refractivity contribution in [2.45, 2.75) is 70.0 Å². The molecule has 2 unspecified atom stereocenters. The molecule has 3 nitrogen and oxygen atoms in total. The molecule has 17 heavy (non-hydrogen) atoms. The molecular weight excluding hydrogens is 216 g/mol. The van der Waals surface area contributed by atoms with Gasteiger partial charge in [0.25, 0.3) is 0 Å². The number of rotatable bonds is 3. The molecule has 2 rings (SSSR count). The van der Waals surface area contributed by atoms with Crippen LogP contribution >= 0.6 is 0 Å². The third kappa shape index (κ3) is 2.55. The lowest BCUT2D eigenvalue weighted by atomic mass is 9.77. The van der Waals surface area contributed by atoms with Gasteiger partial charge in [-0.2, -0.15) is 0 Å². The van der Waals surface area contributed by atoms with Crippen LogP contribution in [0.4, 0.5) is 0 Å². The van der Waals surface area contributed by atoms with Crippen molar-refractivity contribution in [2.75, 3.05) is 6.61 Å². The van der Waals surface area contributed by atoms with Gasteiger partial charge in [-0.25, -0.2) is 0 Å². The molecule has 0 aromatic rings. The van der Waals surface area contributed by atoms with Gasteiger partial charge in [0.05, 0.1) is 5.60 Å². The van der Waals surface area contributed by atoms with Crippen LogP contribution in [-0.2, 0) is 9.53 Å². The summed E-state index contributed by atoms with van der Waals surface area (Å²) in [6.45, 7) is 4.19. The van der Waals surface area contributed by atoms with Crippen molar-refractivity contribution in [3.05, 3.63) is 0 Å². The predicted octanol–water partition coefficient (Wildman–Crippen LogP) is 2.46. The van der Waals surface area contributed by atoms with E-state index in [0.29, 0.717) is 13.0 Å². The Labute approximate surface area is 104 Å². The Hall–Kier alpha value is -0.410. The standard InChI is InChI=1S/C14H24O3/c1-3-13(2,16)12(15)11-6-9-17-14(10-11)7-4-5-8-14/h11,16H,3-10H2,1-2H3. The molecule has 98 valence electrons. The maximum atomic E-state index is 12.3. The Kier molecular flexibility index (Phi) is 3.60. The number of hydrogen-bond donors (Lipinski definition) is 1. The number of Topliss-reactive ketones (excluding diaryl/α,β-unsaturated/α-hetero) is 1. The molecule has 1 N–H and O–H groups in total. The monoisotopic (exact) mass is 240 g/mol. The lowest BCUT2D eigenvalue weighted by Crippen LogP contribution is -2.46. The fourth-order valence-corrected chi connectivity index (χ4v) is 3.23. The van der Waals surface area contributed by atoms with Gasteiger partial charge in [0.1, 0.15) is 5.60 Å². The normalized spacial score (nSPS) is 31.4. The molecule has 1 saturated heterocycles. The highest BCUT2D eigenvalue weighted by Gasteiger charge is 2.44. The Bertz CT molecular complexity index is 290. The number of aliphatic hydroxyl groups is 1. The summed E-state index contributed by atoms with van der Waals surface area (Å²) in [4.78, 5) is 12.3. The number of ketones is 1. The minimum atomic E-state index is -1.15. The average Bonchev–Trinajstić information content (AvgIpc) is 2.76. The fourth-order valence-electron chi connectivity index (χ4n) is 3.23. The minimum absolute atomic E-state index is 0.00296. The summed E-state index contributed by atoms with van der Waals surface area (Å²) in [5.41, 5.74) is -1.19. The van der Waals surface area contributed by atoms with Gasteiger partial charge < -0.3 is 9.84 Å². The van der Waals surface area contributed by atoms with E-state index in [1.54, 1.807) is 6.92 Å². The molecule has 0 aromatic heterocycles. The van der Waals surface area contributed by atoms with E-state index in [1.807, 2.05) is 6.92 Å². The van der Waals surface area contributed by atoms with Crippen LogP contribution in [0.3, 0.4) is 0 Å². The highest BCUT2D eigenvalue weighted by molar-refractivity contribution is 5.88. The Morgan fingerprint density at radius 3 is 2.71 bits per heavy atom. The first kappa shape index (κ1) is 13.0. The predicted molar refractivity (Wildman–Crippen MR) is 65.8 cm³/mol. The van der Waals surface area contributed by atoms with Crippen LogP contribution in [0, 0.1) is 5.92 Å². The van der Waals surface area contributed by atoms with Crippen molar-refractivity contribution in [2.24, 2.45) is 5.92 Å². The fraction of sp³-hybridized carbons (Fsp3) is 0.929. The Morgan fingerprint density at radius 2 is 2.12 bits per heavy atom. The van der Waals surface area contributed by atoms with Gasteiger partial charge in [0.15, 0.2) is 5.78 Å². The van der Waals surface area contributed by atoms with Gasteiger partial charge in [0, 0.05) is 12.5 Å². The average molecular weight is 240 g/mol. The van der Waals surface area contributed by atoms with Crippen LogP contribution < -0.4 is 0 Å². The van der Waals surface area contributed by atoms with Gasteiger partial charge in [-0.05, 0) is 39.0 Å². The van der Waals surface area contributed by atoms with E-state index < -0.39 is 5.60 Å². The molecule has 2 atom stereocenters. The molecule has 0 amide bonds. The third-order valence-corrected chi connectivity index (χ3v) is 4.60. The second kappa shape index (κ2) is 4.69. The molecule has 0 bridgehead atoms. The van der Waals surface area contributed by atoms with Gasteiger partial charge in [-0.3, -0.25) is 4.79 Å². The zero-order valence-electron chi connectivity index (χ0n) is 11.0. The van der Waals surface area contributed by atoms with E-state index in [0.717, 1.165) is 25.7 Å². The Balaban J connectivity index is 2.04. The number of carbonyl (C=O) groups is 1. The molecule has 1 aliphatic carbocycles. The SMILES string of the molecule is CCC(C)(O)C(=O)C1CCOC2(CCCC2)C1. The summed E-state index contributed by atoms with van der Waals surface area (Å²) in [6.07, 6.45) is 6.70. The van der Waals surface area contributed by atoms with Gasteiger partial charge >= 0.3 is 0 Å². The van der Waals surface area contributed by atoms with Crippen molar-refractivity contribution in [3.63, 3.8) is 0 Å². The van der Waals surface area contributed by atoms with Gasteiger partial charge in [0.2, 0.25) is 0 Å². The van der Waals surface area contributed by atoms with Crippen molar-refractivity contribution in [1.29, 1.82) is 0 Å². The molecular formula is C14H24O3. The van der Waals surface area contributed by atoms with Crippen LogP contribution in [0.5, 0.6) is 0 Å². The van der Waals surface area contributed by atoms with Gasteiger partial charge in [-0.15, -0.1) is 0 Å². The first-order valence-electron chi connectivity index (χ1n) is 6.90. The van der Waals surface area contributed by atoms with Crippen LogP contribution in [0.15, 0.2) is 0 Å². The second-order valence-corrected chi connectivity index (χ2v) is 5.92. The van der Waals surface area contributed by atoms with E-state index in [9.17, 15) is 9.90 Å². The minimum Gasteiger partial charge on any atom is -0.382 e. The zero-order valence-corrected chi connectivity index (χ0v) is 11.0. The lowest BCUT2D eigenvalue weighted by molar-refractivity contribution is -0.152. The number of carbonyl (C=O) groups excluding carboxylic acids is 1. The van der Waals surface area contributed by atoms with Crippen molar-refractivity contribution < 1.29 is 14.6 Å². The molecule has 3 heteroatoms. The van der Waals surface area contributed by atoms with Crippen molar-refractivity contribution in [1.82, 2.24) is 0 Å². The van der Waals surface area contributed by atoms with Crippen LogP contribution in [0.2, 0.25) is 0 Å². The first-order chi connectivity index (χ1) is 7.99. The highest BCUT2D eigenvalue weighted by atomic mass is 16.5. The maximum Gasteiger partial charge on any atom is 0.167 e.